The molecule has 38 heavy (non-hydrogen) atoms. The third-order valence-corrected chi connectivity index (χ3v) is 7.11. The highest BCUT2D eigenvalue weighted by Crippen LogP contribution is 2.35. The molecular formula is C29H57O8P. The molecule has 8 nitrogen and oxygen atoms in total. The summed E-state index contributed by atoms with van der Waals surface area (Å²) in [6.07, 6.45) is 23.0. The lowest BCUT2D eigenvalue weighted by atomic mass is 10.0. The molecule has 0 aromatic heterocycles. The van der Waals surface area contributed by atoms with E-state index >= 15 is 0 Å². The molecule has 1 atom stereocenters. The van der Waals surface area contributed by atoms with Gasteiger partial charge in [-0.2, -0.15) is 0 Å². The average Bonchev–Trinajstić information content (AvgIpc) is 2.87. The van der Waals surface area contributed by atoms with Crippen LogP contribution in [0.3, 0.4) is 0 Å². The van der Waals surface area contributed by atoms with Gasteiger partial charge in [-0.15, -0.1) is 0 Å². The summed E-state index contributed by atoms with van der Waals surface area (Å²) in [5.74, 6) is -0.893. The van der Waals surface area contributed by atoms with Crippen molar-refractivity contribution in [3.05, 3.63) is 0 Å². The van der Waals surface area contributed by atoms with Crippen LogP contribution in [-0.2, 0) is 28.2 Å². The lowest BCUT2D eigenvalue weighted by Crippen LogP contribution is -2.29. The summed E-state index contributed by atoms with van der Waals surface area (Å²) < 4.78 is 26.0. The molecule has 0 bridgehead atoms. The third-order valence-electron chi connectivity index (χ3n) is 6.63. The maximum absolute atomic E-state index is 12.2. The zero-order chi connectivity index (χ0) is 28.3. The lowest BCUT2D eigenvalue weighted by Gasteiger charge is -2.18. The quantitative estimate of drug-likeness (QED) is 0.0555. The third kappa shape index (κ3) is 28.1. The van der Waals surface area contributed by atoms with Gasteiger partial charge in [0.25, 0.3) is 0 Å². The van der Waals surface area contributed by atoms with Crippen LogP contribution in [0.15, 0.2) is 0 Å². The molecule has 0 aliphatic carbocycles. The van der Waals surface area contributed by atoms with Crippen LogP contribution in [0.25, 0.3) is 0 Å². The van der Waals surface area contributed by atoms with Gasteiger partial charge in [-0.3, -0.25) is 14.1 Å². The van der Waals surface area contributed by atoms with Crippen LogP contribution in [0.2, 0.25) is 0 Å². The summed E-state index contributed by atoms with van der Waals surface area (Å²) in [5, 5.41) is 0. The molecule has 0 fully saturated rings. The molecule has 0 heterocycles. The minimum Gasteiger partial charge on any atom is -0.462 e. The summed E-state index contributed by atoms with van der Waals surface area (Å²) >= 11 is 0. The van der Waals surface area contributed by atoms with Crippen LogP contribution >= 0.6 is 7.82 Å². The van der Waals surface area contributed by atoms with Gasteiger partial charge < -0.3 is 19.3 Å². The topological polar surface area (TPSA) is 119 Å². The minimum absolute atomic E-state index is 0.218. The summed E-state index contributed by atoms with van der Waals surface area (Å²) in [6, 6.07) is 0. The summed E-state index contributed by atoms with van der Waals surface area (Å²) in [4.78, 5) is 42.1. The summed E-state index contributed by atoms with van der Waals surface area (Å²) in [6.45, 7) is 3.56. The van der Waals surface area contributed by atoms with Crippen LogP contribution in [0.1, 0.15) is 155 Å². The van der Waals surface area contributed by atoms with Crippen molar-refractivity contribution in [1.82, 2.24) is 0 Å². The van der Waals surface area contributed by atoms with Crippen molar-refractivity contribution in [2.45, 2.75) is 161 Å². The van der Waals surface area contributed by atoms with E-state index in [2.05, 4.69) is 18.4 Å². The molecule has 0 saturated heterocycles. The second kappa shape index (κ2) is 26.3. The Morgan fingerprint density at radius 1 is 0.579 bits per heavy atom. The minimum atomic E-state index is -4.72. The molecule has 0 rings (SSSR count). The Balaban J connectivity index is 3.92. The zero-order valence-corrected chi connectivity index (χ0v) is 25.2. The standard InChI is InChI=1S/C29H57O8P/c1-3-5-7-9-10-11-12-13-14-15-16-17-18-20-22-24-29(31)37-27(26-36-38(32,33)34)25-35-28(30)23-21-19-8-6-4-2/h27H,3-26H2,1-2H3,(H2,32,33,34)/t27-/m1/s1. The molecule has 0 spiro atoms. The van der Waals surface area contributed by atoms with Crippen molar-refractivity contribution in [2.24, 2.45) is 0 Å². The van der Waals surface area contributed by atoms with E-state index in [9.17, 15) is 14.2 Å². The first-order chi connectivity index (χ1) is 18.3. The molecule has 0 aromatic rings. The van der Waals surface area contributed by atoms with Gasteiger partial charge in [0, 0.05) is 12.8 Å². The highest BCUT2D eigenvalue weighted by molar-refractivity contribution is 7.46. The van der Waals surface area contributed by atoms with Gasteiger partial charge in [0.1, 0.15) is 6.61 Å². The first-order valence-corrected chi connectivity index (χ1v) is 16.9. The number of esters is 2. The molecule has 0 saturated carbocycles. The summed E-state index contributed by atoms with van der Waals surface area (Å²) in [7, 11) is -4.72. The van der Waals surface area contributed by atoms with E-state index in [0.29, 0.717) is 6.42 Å². The van der Waals surface area contributed by atoms with E-state index in [1.165, 1.54) is 77.0 Å². The number of hydrogen-bond donors (Lipinski definition) is 2. The molecule has 226 valence electrons. The molecule has 2 N–H and O–H groups in total. The van der Waals surface area contributed by atoms with E-state index < -0.39 is 32.5 Å². The predicted molar refractivity (Wildman–Crippen MR) is 152 cm³/mol. The Bertz CT molecular complexity index is 607. The number of ether oxygens (including phenoxy) is 2. The Hall–Kier alpha value is -0.950. The van der Waals surface area contributed by atoms with Gasteiger partial charge in [0.15, 0.2) is 6.10 Å². The fraction of sp³-hybridized carbons (Fsp3) is 0.931. The van der Waals surface area contributed by atoms with E-state index in [4.69, 9.17) is 19.3 Å². The Morgan fingerprint density at radius 3 is 1.34 bits per heavy atom. The highest BCUT2D eigenvalue weighted by Gasteiger charge is 2.22. The molecule has 0 aromatic carbocycles. The zero-order valence-electron chi connectivity index (χ0n) is 24.3. The first-order valence-electron chi connectivity index (χ1n) is 15.3. The number of unbranched alkanes of at least 4 members (excludes halogenated alkanes) is 18. The number of rotatable bonds is 28. The van der Waals surface area contributed by atoms with Gasteiger partial charge >= 0.3 is 19.8 Å². The van der Waals surface area contributed by atoms with Crippen LogP contribution in [0.5, 0.6) is 0 Å². The first kappa shape index (κ1) is 37.0. The highest BCUT2D eigenvalue weighted by atomic mass is 31.2. The molecule has 0 radical (unpaired) electrons. The van der Waals surface area contributed by atoms with Crippen LogP contribution in [-0.4, -0.2) is 41.0 Å². The van der Waals surface area contributed by atoms with Gasteiger partial charge in [-0.25, -0.2) is 4.57 Å². The maximum Gasteiger partial charge on any atom is 0.469 e. The van der Waals surface area contributed by atoms with Crippen LogP contribution in [0.4, 0.5) is 0 Å². The number of hydrogen-bond acceptors (Lipinski definition) is 6. The number of carbonyl (C=O) groups is 2. The van der Waals surface area contributed by atoms with E-state index in [-0.39, 0.29) is 19.4 Å². The predicted octanol–water partition coefficient (Wildman–Crippen LogP) is 8.17. The van der Waals surface area contributed by atoms with Gasteiger partial charge in [0.2, 0.25) is 0 Å². The van der Waals surface area contributed by atoms with E-state index in [0.717, 1.165) is 44.9 Å². The van der Waals surface area contributed by atoms with E-state index in [1.54, 1.807) is 0 Å². The van der Waals surface area contributed by atoms with Crippen LogP contribution in [0, 0.1) is 0 Å². The fourth-order valence-corrected chi connectivity index (χ4v) is 4.67. The smallest absolute Gasteiger partial charge is 0.462 e. The second-order valence-electron chi connectivity index (χ2n) is 10.4. The van der Waals surface area contributed by atoms with Crippen LogP contribution < -0.4 is 0 Å². The van der Waals surface area contributed by atoms with Crippen molar-refractivity contribution in [2.75, 3.05) is 13.2 Å². The second-order valence-corrected chi connectivity index (χ2v) is 11.7. The Labute approximate surface area is 232 Å². The van der Waals surface area contributed by atoms with E-state index in [1.807, 2.05) is 0 Å². The number of carbonyl (C=O) groups excluding carboxylic acids is 2. The van der Waals surface area contributed by atoms with Crippen molar-refractivity contribution >= 4 is 19.8 Å². The average molecular weight is 565 g/mol. The van der Waals surface area contributed by atoms with Gasteiger partial charge in [-0.1, -0.05) is 129 Å². The van der Waals surface area contributed by atoms with Gasteiger partial charge in [0.05, 0.1) is 6.61 Å². The molecule has 9 heteroatoms. The molecule has 0 amide bonds. The maximum atomic E-state index is 12.2. The Morgan fingerprint density at radius 2 is 0.947 bits per heavy atom. The fourth-order valence-electron chi connectivity index (χ4n) is 4.31. The molecular weight excluding hydrogens is 507 g/mol. The van der Waals surface area contributed by atoms with Gasteiger partial charge in [-0.05, 0) is 12.8 Å². The largest absolute Gasteiger partial charge is 0.469 e. The lowest BCUT2D eigenvalue weighted by molar-refractivity contribution is -0.161. The van der Waals surface area contributed by atoms with Crippen molar-refractivity contribution in [3.8, 4) is 0 Å². The van der Waals surface area contributed by atoms with Crippen molar-refractivity contribution in [1.29, 1.82) is 0 Å². The Kier molecular flexibility index (Phi) is 25.6. The SMILES string of the molecule is CCCCCCCCCCCCCCCCCC(=O)O[C@H](COC(=O)CCCCCCC)COP(=O)(O)O. The van der Waals surface area contributed by atoms with Crippen molar-refractivity contribution in [3.63, 3.8) is 0 Å². The monoisotopic (exact) mass is 564 g/mol. The molecule has 0 unspecified atom stereocenters. The normalized spacial score (nSPS) is 12.4. The summed E-state index contributed by atoms with van der Waals surface area (Å²) in [5.41, 5.74) is 0. The van der Waals surface area contributed by atoms with Crippen molar-refractivity contribution < 1.29 is 37.9 Å². The number of phosphoric acid groups is 1. The molecule has 0 aliphatic rings. The number of phosphoric ester groups is 1. The molecule has 0 aliphatic heterocycles.